The molecule has 25 heavy (non-hydrogen) atoms. The van der Waals surface area contributed by atoms with E-state index < -0.39 is 0 Å². The van der Waals surface area contributed by atoms with Crippen molar-refractivity contribution in [3.05, 3.63) is 48.7 Å². The van der Waals surface area contributed by atoms with E-state index in [0.29, 0.717) is 42.7 Å². The van der Waals surface area contributed by atoms with Crippen molar-refractivity contribution in [3.8, 4) is 11.5 Å². The summed E-state index contributed by atoms with van der Waals surface area (Å²) < 4.78 is 7.03. The van der Waals surface area contributed by atoms with Crippen LogP contribution < -0.4 is 5.32 Å². The number of carbonyl (C=O) groups excluding carboxylic acids is 1. The fraction of sp³-hybridized carbons (Fsp3) is 0.353. The lowest BCUT2D eigenvalue weighted by Gasteiger charge is -2.12. The molecule has 3 heterocycles. The molecule has 8 nitrogen and oxygen atoms in total. The highest BCUT2D eigenvalue weighted by Crippen LogP contribution is 2.12. The van der Waals surface area contributed by atoms with E-state index in [4.69, 9.17) is 4.52 Å². The van der Waals surface area contributed by atoms with Gasteiger partial charge in [-0.2, -0.15) is 10.1 Å². The van der Waals surface area contributed by atoms with Gasteiger partial charge in [0.1, 0.15) is 5.69 Å². The fourth-order valence-corrected chi connectivity index (χ4v) is 2.34. The topological polar surface area (TPSA) is 98.7 Å². The number of hydrogen-bond acceptors (Lipinski definition) is 6. The van der Waals surface area contributed by atoms with Crippen molar-refractivity contribution in [1.82, 2.24) is 30.2 Å². The third-order valence-electron chi connectivity index (χ3n) is 3.63. The summed E-state index contributed by atoms with van der Waals surface area (Å²) in [5.74, 6) is 1.12. The predicted octanol–water partition coefficient (Wildman–Crippen LogP) is 1.71. The van der Waals surface area contributed by atoms with Gasteiger partial charge in [-0.05, 0) is 24.1 Å². The van der Waals surface area contributed by atoms with Crippen LogP contribution in [0.2, 0.25) is 0 Å². The van der Waals surface area contributed by atoms with Gasteiger partial charge in [0.15, 0.2) is 0 Å². The summed E-state index contributed by atoms with van der Waals surface area (Å²) in [6, 6.07) is 7.37. The summed E-state index contributed by atoms with van der Waals surface area (Å²) in [6.07, 6.45) is 6.03. The van der Waals surface area contributed by atoms with Gasteiger partial charge >= 0.3 is 0 Å². The first kappa shape index (κ1) is 16.8. The highest BCUT2D eigenvalue weighted by molar-refractivity contribution is 5.76. The fourth-order valence-electron chi connectivity index (χ4n) is 2.34. The summed E-state index contributed by atoms with van der Waals surface area (Å²) in [5.41, 5.74) is 0.648. The molecule has 8 heteroatoms. The minimum Gasteiger partial charge on any atom is -0.356 e. The zero-order valence-electron chi connectivity index (χ0n) is 14.0. The maximum atomic E-state index is 12.0. The van der Waals surface area contributed by atoms with E-state index >= 15 is 0 Å². The number of rotatable bonds is 8. The van der Waals surface area contributed by atoms with Gasteiger partial charge in [-0.1, -0.05) is 18.1 Å². The van der Waals surface area contributed by atoms with Crippen LogP contribution in [0.1, 0.15) is 19.2 Å². The van der Waals surface area contributed by atoms with Gasteiger partial charge in [0.05, 0.1) is 0 Å². The van der Waals surface area contributed by atoms with E-state index in [9.17, 15) is 4.79 Å². The van der Waals surface area contributed by atoms with E-state index in [2.05, 4.69) is 32.5 Å². The van der Waals surface area contributed by atoms with Gasteiger partial charge in [0.2, 0.25) is 17.6 Å². The number of carbonyl (C=O) groups is 1. The number of amides is 1. The van der Waals surface area contributed by atoms with Crippen molar-refractivity contribution in [2.45, 2.75) is 26.3 Å². The van der Waals surface area contributed by atoms with Crippen molar-refractivity contribution in [3.63, 3.8) is 0 Å². The Morgan fingerprint density at radius 1 is 1.32 bits per heavy atom. The zero-order chi connectivity index (χ0) is 17.5. The second kappa shape index (κ2) is 8.18. The van der Waals surface area contributed by atoms with Crippen LogP contribution >= 0.6 is 0 Å². The molecule has 1 atom stereocenters. The Labute approximate surface area is 145 Å². The van der Waals surface area contributed by atoms with Crippen molar-refractivity contribution in [2.24, 2.45) is 5.92 Å². The highest BCUT2D eigenvalue weighted by Gasteiger charge is 2.12. The molecule has 130 valence electrons. The van der Waals surface area contributed by atoms with Gasteiger partial charge in [0.25, 0.3) is 0 Å². The molecule has 1 amide bonds. The third-order valence-corrected chi connectivity index (χ3v) is 3.63. The molecule has 3 aromatic heterocycles. The lowest BCUT2D eigenvalue weighted by molar-refractivity contribution is -0.121. The highest BCUT2D eigenvalue weighted by atomic mass is 16.5. The second-order valence-corrected chi connectivity index (χ2v) is 5.86. The molecule has 0 spiro atoms. The second-order valence-electron chi connectivity index (χ2n) is 5.86. The molecule has 0 saturated carbocycles. The molecular weight excluding hydrogens is 320 g/mol. The summed E-state index contributed by atoms with van der Waals surface area (Å²) in [5, 5.41) is 11.0. The molecule has 0 saturated heterocycles. The Bertz CT molecular complexity index is 785. The van der Waals surface area contributed by atoms with Crippen LogP contribution in [0, 0.1) is 5.92 Å². The largest absolute Gasteiger partial charge is 0.356 e. The zero-order valence-corrected chi connectivity index (χ0v) is 14.0. The van der Waals surface area contributed by atoms with Crippen LogP contribution in [0.4, 0.5) is 0 Å². The molecule has 1 N–H and O–H groups in total. The number of aromatic nitrogens is 5. The number of hydrogen-bond donors (Lipinski definition) is 1. The van der Waals surface area contributed by atoms with Crippen LogP contribution in [0.3, 0.4) is 0 Å². The normalized spacial score (nSPS) is 12.0. The molecule has 0 fully saturated rings. The molecule has 3 aromatic rings. The van der Waals surface area contributed by atoms with Crippen molar-refractivity contribution in [1.29, 1.82) is 0 Å². The van der Waals surface area contributed by atoms with Gasteiger partial charge < -0.3 is 9.84 Å². The molecule has 0 radical (unpaired) electrons. The minimum atomic E-state index is -0.0371. The Kier molecular flexibility index (Phi) is 5.50. The summed E-state index contributed by atoms with van der Waals surface area (Å²) in [7, 11) is 0. The molecule has 3 rings (SSSR count). The first-order valence-electron chi connectivity index (χ1n) is 8.19. The van der Waals surface area contributed by atoms with E-state index in [1.807, 2.05) is 35.1 Å². The quantitative estimate of drug-likeness (QED) is 0.670. The number of aryl methyl sites for hydroxylation is 1. The van der Waals surface area contributed by atoms with Crippen LogP contribution in [0.25, 0.3) is 11.5 Å². The van der Waals surface area contributed by atoms with Crippen LogP contribution in [-0.4, -0.2) is 37.4 Å². The lowest BCUT2D eigenvalue weighted by atomic mass is 10.2. The average Bonchev–Trinajstić information content (AvgIpc) is 3.31. The Balaban J connectivity index is 1.41. The predicted molar refractivity (Wildman–Crippen MR) is 90.3 cm³/mol. The standard InChI is InChI=1S/C17H20N6O2/c1-13(12-23-10-4-9-20-23)11-19-15(24)6-7-16-21-17(22-25-16)14-5-2-3-8-18-14/h2-5,8-10,13H,6-7,11-12H2,1H3,(H,19,24). The average molecular weight is 340 g/mol. The molecule has 0 aliphatic rings. The smallest absolute Gasteiger partial charge is 0.227 e. The maximum absolute atomic E-state index is 12.0. The molecule has 0 aliphatic carbocycles. The first-order valence-corrected chi connectivity index (χ1v) is 8.19. The molecule has 0 aromatic carbocycles. The number of pyridine rings is 1. The number of nitrogens with zero attached hydrogens (tertiary/aromatic N) is 5. The van der Waals surface area contributed by atoms with Crippen molar-refractivity contribution < 1.29 is 9.32 Å². The summed E-state index contributed by atoms with van der Waals surface area (Å²) in [4.78, 5) is 20.4. The summed E-state index contributed by atoms with van der Waals surface area (Å²) in [6.45, 7) is 3.44. The van der Waals surface area contributed by atoms with E-state index in [1.165, 1.54) is 0 Å². The monoisotopic (exact) mass is 340 g/mol. The van der Waals surface area contributed by atoms with E-state index in [-0.39, 0.29) is 5.91 Å². The van der Waals surface area contributed by atoms with E-state index in [1.54, 1.807) is 12.4 Å². The van der Waals surface area contributed by atoms with Crippen LogP contribution in [0.15, 0.2) is 47.4 Å². The lowest BCUT2D eigenvalue weighted by Crippen LogP contribution is -2.30. The molecule has 1 unspecified atom stereocenters. The maximum Gasteiger partial charge on any atom is 0.227 e. The van der Waals surface area contributed by atoms with Gasteiger partial charge in [-0.25, -0.2) is 0 Å². The van der Waals surface area contributed by atoms with Gasteiger partial charge in [0, 0.05) is 44.5 Å². The first-order chi connectivity index (χ1) is 12.2. The van der Waals surface area contributed by atoms with E-state index in [0.717, 1.165) is 6.54 Å². The SMILES string of the molecule is CC(CNC(=O)CCc1nc(-c2ccccn2)no1)Cn1cccn1. The Morgan fingerprint density at radius 2 is 2.24 bits per heavy atom. The molecular formula is C17H20N6O2. The van der Waals surface area contributed by atoms with Gasteiger partial charge in [-0.15, -0.1) is 0 Å². The minimum absolute atomic E-state index is 0.0371. The number of nitrogens with one attached hydrogen (secondary N) is 1. The third kappa shape index (κ3) is 4.97. The van der Waals surface area contributed by atoms with Crippen molar-refractivity contribution in [2.75, 3.05) is 6.54 Å². The molecule has 0 bridgehead atoms. The Morgan fingerprint density at radius 3 is 3.00 bits per heavy atom. The van der Waals surface area contributed by atoms with Crippen molar-refractivity contribution >= 4 is 5.91 Å². The Hall–Kier alpha value is -3.03. The molecule has 0 aliphatic heterocycles. The van der Waals surface area contributed by atoms with Crippen LogP contribution in [0.5, 0.6) is 0 Å². The van der Waals surface area contributed by atoms with Crippen LogP contribution in [-0.2, 0) is 17.8 Å². The summed E-state index contributed by atoms with van der Waals surface area (Å²) >= 11 is 0. The van der Waals surface area contributed by atoms with Gasteiger partial charge in [-0.3, -0.25) is 14.5 Å².